The van der Waals surface area contributed by atoms with Crippen LogP contribution in [0.5, 0.6) is 0 Å². The molecule has 0 saturated carbocycles. The summed E-state index contributed by atoms with van der Waals surface area (Å²) in [5.74, 6) is 0.983. The van der Waals surface area contributed by atoms with E-state index in [1.807, 2.05) is 6.07 Å². The van der Waals surface area contributed by atoms with Gasteiger partial charge in [0, 0.05) is 23.6 Å². The van der Waals surface area contributed by atoms with Crippen molar-refractivity contribution in [2.24, 2.45) is 0 Å². The molecule has 2 rings (SSSR count). The van der Waals surface area contributed by atoms with Gasteiger partial charge in [-0.15, -0.1) is 0 Å². The van der Waals surface area contributed by atoms with E-state index in [0.29, 0.717) is 0 Å². The third-order valence-corrected chi connectivity index (χ3v) is 2.58. The zero-order chi connectivity index (χ0) is 10.7. The van der Waals surface area contributed by atoms with Crippen LogP contribution in [0.3, 0.4) is 0 Å². The van der Waals surface area contributed by atoms with Crippen molar-refractivity contribution in [3.63, 3.8) is 0 Å². The summed E-state index contributed by atoms with van der Waals surface area (Å²) < 4.78 is 0.969. The summed E-state index contributed by atoms with van der Waals surface area (Å²) in [6.07, 6.45) is 2.67. The summed E-state index contributed by atoms with van der Waals surface area (Å²) in [4.78, 5) is 11.9. The molecule has 80 valence electrons. The number of pyridine rings is 1. The van der Waals surface area contributed by atoms with Crippen LogP contribution in [0.25, 0.3) is 11.2 Å². The zero-order valence-electron chi connectivity index (χ0n) is 8.55. The number of rotatable bonds is 4. The number of fused-ring (bicyclic) bond motifs is 1. The molecule has 0 radical (unpaired) electrons. The number of halogens is 1. The predicted molar refractivity (Wildman–Crippen MR) is 63.8 cm³/mol. The van der Waals surface area contributed by atoms with Gasteiger partial charge in [0.1, 0.15) is 5.82 Å². The molecule has 5 heteroatoms. The van der Waals surface area contributed by atoms with Crippen LogP contribution >= 0.6 is 15.9 Å². The van der Waals surface area contributed by atoms with Gasteiger partial charge < -0.3 is 10.3 Å². The minimum atomic E-state index is 0.782. The number of nitrogens with zero attached hydrogens (tertiary/aromatic N) is 2. The second-order valence-corrected chi connectivity index (χ2v) is 4.23. The molecule has 0 bridgehead atoms. The molecule has 0 atom stereocenters. The molecule has 0 aromatic carbocycles. The van der Waals surface area contributed by atoms with Crippen molar-refractivity contribution in [2.45, 2.75) is 13.3 Å². The Bertz CT molecular complexity index is 452. The van der Waals surface area contributed by atoms with Crippen molar-refractivity contribution in [3.05, 3.63) is 22.6 Å². The number of nitrogens with one attached hydrogen (secondary N) is 2. The van der Waals surface area contributed by atoms with Gasteiger partial charge in [0.05, 0.1) is 5.52 Å². The summed E-state index contributed by atoms with van der Waals surface area (Å²) in [7, 11) is 0. The van der Waals surface area contributed by atoms with Crippen LogP contribution in [0.4, 0.5) is 0 Å². The molecule has 0 amide bonds. The lowest BCUT2D eigenvalue weighted by Crippen LogP contribution is -2.16. The summed E-state index contributed by atoms with van der Waals surface area (Å²) in [5, 5.41) is 3.26. The first-order valence-electron chi connectivity index (χ1n) is 5.00. The van der Waals surface area contributed by atoms with Gasteiger partial charge in [-0.3, -0.25) is 0 Å². The molecule has 2 heterocycles. The first-order chi connectivity index (χ1) is 7.29. The molecule has 15 heavy (non-hydrogen) atoms. The number of aromatic nitrogens is 3. The van der Waals surface area contributed by atoms with Crippen molar-refractivity contribution in [2.75, 3.05) is 13.1 Å². The molecular weight excluding hydrogens is 256 g/mol. The van der Waals surface area contributed by atoms with Gasteiger partial charge in [-0.25, -0.2) is 9.97 Å². The standard InChI is InChI=1S/C10H13BrN4/c1-2-12-4-3-9-14-8-5-7(11)6-13-10(8)15-9/h5-6,12H,2-4H2,1H3,(H,13,14,15). The molecule has 0 fully saturated rings. The van der Waals surface area contributed by atoms with Crippen molar-refractivity contribution in [3.8, 4) is 0 Å². The van der Waals surface area contributed by atoms with Gasteiger partial charge in [-0.1, -0.05) is 6.92 Å². The first kappa shape index (κ1) is 10.6. The Morgan fingerprint density at radius 3 is 3.20 bits per heavy atom. The van der Waals surface area contributed by atoms with Crippen LogP contribution < -0.4 is 5.32 Å². The van der Waals surface area contributed by atoms with E-state index < -0.39 is 0 Å². The predicted octanol–water partition coefficient (Wildman–Crippen LogP) is 1.87. The zero-order valence-corrected chi connectivity index (χ0v) is 10.1. The lowest BCUT2D eigenvalue weighted by Gasteiger charge is -1.96. The highest BCUT2D eigenvalue weighted by molar-refractivity contribution is 9.10. The fourth-order valence-corrected chi connectivity index (χ4v) is 1.76. The smallest absolute Gasteiger partial charge is 0.177 e. The molecule has 0 aliphatic heterocycles. The highest BCUT2D eigenvalue weighted by Crippen LogP contribution is 2.14. The summed E-state index contributed by atoms with van der Waals surface area (Å²) in [6, 6.07) is 1.99. The van der Waals surface area contributed by atoms with Crippen LogP contribution in [0.2, 0.25) is 0 Å². The normalized spacial score (nSPS) is 11.1. The molecule has 2 aromatic rings. The molecule has 2 N–H and O–H groups in total. The van der Waals surface area contributed by atoms with E-state index in [1.165, 1.54) is 0 Å². The number of hydrogen-bond donors (Lipinski definition) is 2. The molecule has 2 aromatic heterocycles. The van der Waals surface area contributed by atoms with Gasteiger partial charge in [-0.05, 0) is 28.5 Å². The Hall–Kier alpha value is -0.940. The molecule has 0 spiro atoms. The van der Waals surface area contributed by atoms with E-state index in [-0.39, 0.29) is 0 Å². The van der Waals surface area contributed by atoms with Gasteiger partial charge in [0.2, 0.25) is 0 Å². The van der Waals surface area contributed by atoms with Crippen LogP contribution in [0, 0.1) is 0 Å². The first-order valence-corrected chi connectivity index (χ1v) is 5.79. The monoisotopic (exact) mass is 268 g/mol. The highest BCUT2D eigenvalue weighted by atomic mass is 79.9. The molecular formula is C10H13BrN4. The van der Waals surface area contributed by atoms with Gasteiger partial charge in [-0.2, -0.15) is 0 Å². The van der Waals surface area contributed by atoms with Gasteiger partial charge in [0.15, 0.2) is 5.65 Å². The van der Waals surface area contributed by atoms with Gasteiger partial charge >= 0.3 is 0 Å². The second kappa shape index (κ2) is 4.72. The topological polar surface area (TPSA) is 53.6 Å². The van der Waals surface area contributed by atoms with Gasteiger partial charge in [0.25, 0.3) is 0 Å². The SMILES string of the molecule is CCNCCc1nc2ncc(Br)cc2[nH]1. The summed E-state index contributed by atoms with van der Waals surface area (Å²) in [5.41, 5.74) is 1.76. The Morgan fingerprint density at radius 2 is 2.40 bits per heavy atom. The van der Waals surface area contributed by atoms with E-state index in [9.17, 15) is 0 Å². The maximum atomic E-state index is 4.40. The van der Waals surface area contributed by atoms with E-state index in [2.05, 4.69) is 43.1 Å². The van der Waals surface area contributed by atoms with E-state index in [4.69, 9.17) is 0 Å². The maximum Gasteiger partial charge on any atom is 0.177 e. The number of aromatic amines is 1. The quantitative estimate of drug-likeness (QED) is 0.833. The Labute approximate surface area is 96.6 Å². The lowest BCUT2D eigenvalue weighted by molar-refractivity contribution is 0.702. The van der Waals surface area contributed by atoms with Crippen molar-refractivity contribution < 1.29 is 0 Å². The number of imidazole rings is 1. The minimum absolute atomic E-state index is 0.782. The van der Waals surface area contributed by atoms with E-state index in [1.54, 1.807) is 6.20 Å². The van der Waals surface area contributed by atoms with Crippen molar-refractivity contribution >= 4 is 27.1 Å². The van der Waals surface area contributed by atoms with Crippen LogP contribution in [0.1, 0.15) is 12.7 Å². The molecule has 4 nitrogen and oxygen atoms in total. The Morgan fingerprint density at radius 1 is 1.53 bits per heavy atom. The van der Waals surface area contributed by atoms with Crippen LogP contribution in [-0.2, 0) is 6.42 Å². The van der Waals surface area contributed by atoms with E-state index in [0.717, 1.165) is 41.0 Å². The second-order valence-electron chi connectivity index (χ2n) is 3.31. The van der Waals surface area contributed by atoms with Crippen LogP contribution in [0.15, 0.2) is 16.7 Å². The van der Waals surface area contributed by atoms with Crippen molar-refractivity contribution in [1.82, 2.24) is 20.3 Å². The Kier molecular flexibility index (Phi) is 3.33. The fourth-order valence-electron chi connectivity index (χ4n) is 1.43. The highest BCUT2D eigenvalue weighted by Gasteiger charge is 2.03. The fraction of sp³-hybridized carbons (Fsp3) is 0.400. The maximum absolute atomic E-state index is 4.40. The molecule has 0 saturated heterocycles. The third-order valence-electron chi connectivity index (χ3n) is 2.14. The minimum Gasteiger partial charge on any atom is -0.341 e. The average molecular weight is 269 g/mol. The molecule has 0 aliphatic carbocycles. The number of hydrogen-bond acceptors (Lipinski definition) is 3. The van der Waals surface area contributed by atoms with Crippen molar-refractivity contribution in [1.29, 1.82) is 0 Å². The third kappa shape index (κ3) is 2.54. The molecule has 0 aliphatic rings. The number of H-pyrrole nitrogens is 1. The Balaban J connectivity index is 2.16. The average Bonchev–Trinajstić information content (AvgIpc) is 2.60. The van der Waals surface area contributed by atoms with Crippen LogP contribution in [-0.4, -0.2) is 28.0 Å². The summed E-state index contributed by atoms with van der Waals surface area (Å²) >= 11 is 3.38. The number of likely N-dealkylation sites (N-methyl/N-ethyl adjacent to an activating group) is 1. The summed E-state index contributed by atoms with van der Waals surface area (Å²) in [6.45, 7) is 4.03. The van der Waals surface area contributed by atoms with E-state index >= 15 is 0 Å². The molecule has 0 unspecified atom stereocenters. The lowest BCUT2D eigenvalue weighted by atomic mass is 10.4. The largest absolute Gasteiger partial charge is 0.341 e.